The van der Waals surface area contributed by atoms with Gasteiger partial charge in [0.15, 0.2) is 0 Å². The average Bonchev–Trinajstić information content (AvgIpc) is 2.64. The van der Waals surface area contributed by atoms with Crippen LogP contribution < -0.4 is 5.46 Å². The van der Waals surface area contributed by atoms with Gasteiger partial charge in [-0.15, -0.1) is 0 Å². The number of benzene rings is 1. The van der Waals surface area contributed by atoms with Gasteiger partial charge >= 0.3 is 7.12 Å². The molecule has 0 unspecified atom stereocenters. The molecular formula is C12H10BNO3. The Morgan fingerprint density at radius 3 is 2.65 bits per heavy atom. The summed E-state index contributed by atoms with van der Waals surface area (Å²) in [6.07, 6.45) is 0. The molecule has 84 valence electrons. The third kappa shape index (κ3) is 1.60. The molecule has 5 heteroatoms. The Kier molecular flexibility index (Phi) is 2.17. The normalized spacial score (nSPS) is 11.2. The molecular weight excluding hydrogens is 217 g/mol. The summed E-state index contributed by atoms with van der Waals surface area (Å²) in [5, 5.41) is 20.1. The van der Waals surface area contributed by atoms with E-state index in [2.05, 4.69) is 4.98 Å². The lowest BCUT2D eigenvalue weighted by atomic mass is 9.80. The molecule has 3 aromatic rings. The molecule has 0 radical (unpaired) electrons. The van der Waals surface area contributed by atoms with Crippen molar-refractivity contribution in [2.45, 2.75) is 6.92 Å². The zero-order valence-corrected chi connectivity index (χ0v) is 9.21. The Hall–Kier alpha value is -1.85. The van der Waals surface area contributed by atoms with E-state index in [0.29, 0.717) is 16.8 Å². The molecule has 4 nitrogen and oxygen atoms in total. The van der Waals surface area contributed by atoms with Crippen LogP contribution in [0.5, 0.6) is 0 Å². The molecule has 3 rings (SSSR count). The number of nitrogens with zero attached hydrogens (tertiary/aromatic N) is 1. The van der Waals surface area contributed by atoms with Crippen LogP contribution in [0.2, 0.25) is 0 Å². The number of fused-ring (bicyclic) bond motifs is 3. The van der Waals surface area contributed by atoms with Crippen LogP contribution in [0.4, 0.5) is 0 Å². The summed E-state index contributed by atoms with van der Waals surface area (Å²) >= 11 is 0. The molecule has 0 atom stereocenters. The zero-order chi connectivity index (χ0) is 12.0. The molecule has 0 amide bonds. The lowest BCUT2D eigenvalue weighted by Crippen LogP contribution is -2.29. The van der Waals surface area contributed by atoms with Gasteiger partial charge in [0.25, 0.3) is 0 Å². The van der Waals surface area contributed by atoms with E-state index in [1.807, 2.05) is 25.1 Å². The first-order chi connectivity index (χ1) is 8.15. The van der Waals surface area contributed by atoms with Crippen molar-refractivity contribution in [3.8, 4) is 0 Å². The Labute approximate surface area is 97.7 Å². The first-order valence-electron chi connectivity index (χ1n) is 5.31. The van der Waals surface area contributed by atoms with Crippen molar-refractivity contribution in [3.05, 3.63) is 36.0 Å². The van der Waals surface area contributed by atoms with Gasteiger partial charge in [0, 0.05) is 16.5 Å². The average molecular weight is 227 g/mol. The van der Waals surface area contributed by atoms with Crippen LogP contribution in [0, 0.1) is 6.92 Å². The highest BCUT2D eigenvalue weighted by Crippen LogP contribution is 2.26. The van der Waals surface area contributed by atoms with E-state index >= 15 is 0 Å². The Bertz CT molecular complexity index is 705. The molecule has 1 aromatic carbocycles. The predicted octanol–water partition coefficient (Wildman–Crippen LogP) is 0.969. The van der Waals surface area contributed by atoms with E-state index in [0.717, 1.165) is 16.5 Å². The fourth-order valence-corrected chi connectivity index (χ4v) is 1.93. The highest BCUT2D eigenvalue weighted by Gasteiger charge is 2.14. The minimum Gasteiger partial charge on any atom is -0.438 e. The maximum Gasteiger partial charge on any atom is 0.488 e. The van der Waals surface area contributed by atoms with Crippen LogP contribution in [0.15, 0.2) is 34.7 Å². The fraction of sp³-hybridized carbons (Fsp3) is 0.0833. The smallest absolute Gasteiger partial charge is 0.438 e. The Morgan fingerprint density at radius 2 is 1.88 bits per heavy atom. The number of aryl methyl sites for hydroxylation is 1. The summed E-state index contributed by atoms with van der Waals surface area (Å²) < 4.78 is 5.59. The molecule has 0 spiro atoms. The van der Waals surface area contributed by atoms with Crippen LogP contribution in [0.25, 0.3) is 22.1 Å². The maximum absolute atomic E-state index is 9.10. The van der Waals surface area contributed by atoms with Crippen LogP contribution in [0.3, 0.4) is 0 Å². The zero-order valence-electron chi connectivity index (χ0n) is 9.21. The second kappa shape index (κ2) is 3.58. The van der Waals surface area contributed by atoms with Crippen molar-refractivity contribution in [3.63, 3.8) is 0 Å². The summed E-state index contributed by atoms with van der Waals surface area (Å²) in [7, 11) is -1.48. The molecule has 0 fully saturated rings. The van der Waals surface area contributed by atoms with Gasteiger partial charge in [0.2, 0.25) is 5.71 Å². The Morgan fingerprint density at radius 1 is 1.12 bits per heavy atom. The monoisotopic (exact) mass is 227 g/mol. The number of pyridine rings is 1. The van der Waals surface area contributed by atoms with Crippen molar-refractivity contribution < 1.29 is 14.5 Å². The summed E-state index contributed by atoms with van der Waals surface area (Å²) in [4.78, 5) is 4.30. The van der Waals surface area contributed by atoms with Gasteiger partial charge in [-0.2, -0.15) is 0 Å². The quantitative estimate of drug-likeness (QED) is 0.608. The van der Waals surface area contributed by atoms with Crippen LogP contribution >= 0.6 is 0 Å². The Balaban J connectivity index is 2.35. The number of rotatable bonds is 1. The first kappa shape index (κ1) is 10.3. The molecule has 17 heavy (non-hydrogen) atoms. The topological polar surface area (TPSA) is 66.5 Å². The maximum atomic E-state index is 9.10. The van der Waals surface area contributed by atoms with E-state index in [1.165, 1.54) is 0 Å². The summed E-state index contributed by atoms with van der Waals surface area (Å²) in [6, 6.07) is 8.98. The van der Waals surface area contributed by atoms with Crippen molar-refractivity contribution in [1.29, 1.82) is 0 Å². The lowest BCUT2D eigenvalue weighted by molar-refractivity contribution is 0.425. The molecule has 0 bridgehead atoms. The highest BCUT2D eigenvalue weighted by atomic mass is 16.4. The standard InChI is InChI=1S/C12H10BNO3/c1-7-2-4-10-9-5-3-8(13(15)16)6-11(9)17-12(10)14-7/h2-6,15-16H,1H3. The van der Waals surface area contributed by atoms with Crippen molar-refractivity contribution in [1.82, 2.24) is 4.98 Å². The molecule has 0 aliphatic rings. The summed E-state index contributed by atoms with van der Waals surface area (Å²) in [5.74, 6) is 0. The van der Waals surface area contributed by atoms with Gasteiger partial charge in [0.05, 0.1) is 0 Å². The third-order valence-electron chi connectivity index (χ3n) is 2.80. The first-order valence-corrected chi connectivity index (χ1v) is 5.31. The van der Waals surface area contributed by atoms with E-state index in [1.54, 1.807) is 12.1 Å². The molecule has 0 aliphatic heterocycles. The summed E-state index contributed by atoms with van der Waals surface area (Å²) in [6.45, 7) is 1.90. The number of hydrogen-bond donors (Lipinski definition) is 2. The largest absolute Gasteiger partial charge is 0.488 e. The molecule has 2 heterocycles. The second-order valence-electron chi connectivity index (χ2n) is 4.04. The molecule has 2 N–H and O–H groups in total. The van der Waals surface area contributed by atoms with Gasteiger partial charge in [-0.3, -0.25) is 0 Å². The van der Waals surface area contributed by atoms with Gasteiger partial charge in [0.1, 0.15) is 5.58 Å². The SMILES string of the molecule is Cc1ccc2c(n1)oc1cc(B(O)O)ccc12. The minimum atomic E-state index is -1.48. The third-order valence-corrected chi connectivity index (χ3v) is 2.80. The van der Waals surface area contributed by atoms with E-state index < -0.39 is 7.12 Å². The molecule has 0 aliphatic carbocycles. The van der Waals surface area contributed by atoms with Gasteiger partial charge in [-0.1, -0.05) is 12.1 Å². The van der Waals surface area contributed by atoms with Crippen LogP contribution in [0.1, 0.15) is 5.69 Å². The van der Waals surface area contributed by atoms with E-state index in [-0.39, 0.29) is 0 Å². The molecule has 2 aromatic heterocycles. The second-order valence-corrected chi connectivity index (χ2v) is 4.04. The van der Waals surface area contributed by atoms with Gasteiger partial charge in [-0.05, 0) is 30.6 Å². The summed E-state index contributed by atoms with van der Waals surface area (Å²) in [5.41, 5.74) is 2.49. The number of aromatic nitrogens is 1. The van der Waals surface area contributed by atoms with Crippen molar-refractivity contribution in [2.75, 3.05) is 0 Å². The highest BCUT2D eigenvalue weighted by molar-refractivity contribution is 6.58. The molecule has 0 saturated heterocycles. The molecule has 0 saturated carbocycles. The van der Waals surface area contributed by atoms with Crippen LogP contribution in [-0.2, 0) is 0 Å². The number of furan rings is 1. The van der Waals surface area contributed by atoms with E-state index in [4.69, 9.17) is 14.5 Å². The van der Waals surface area contributed by atoms with E-state index in [9.17, 15) is 0 Å². The number of hydrogen-bond acceptors (Lipinski definition) is 4. The minimum absolute atomic E-state index is 0.410. The van der Waals surface area contributed by atoms with Crippen LogP contribution in [-0.4, -0.2) is 22.2 Å². The predicted molar refractivity (Wildman–Crippen MR) is 66.1 cm³/mol. The van der Waals surface area contributed by atoms with Crippen molar-refractivity contribution >= 4 is 34.7 Å². The van der Waals surface area contributed by atoms with Crippen molar-refractivity contribution in [2.24, 2.45) is 0 Å². The fourth-order valence-electron chi connectivity index (χ4n) is 1.93. The van der Waals surface area contributed by atoms with Gasteiger partial charge < -0.3 is 14.5 Å². The lowest BCUT2D eigenvalue weighted by Gasteiger charge is -1.97. The van der Waals surface area contributed by atoms with Gasteiger partial charge in [-0.25, -0.2) is 4.98 Å².